The Bertz CT molecular complexity index is 1050. The van der Waals surface area contributed by atoms with Gasteiger partial charge in [0, 0.05) is 29.4 Å². The van der Waals surface area contributed by atoms with Crippen LogP contribution in [0, 0.1) is 18.6 Å². The van der Waals surface area contributed by atoms with Gasteiger partial charge >= 0.3 is 0 Å². The number of benzene rings is 1. The summed E-state index contributed by atoms with van der Waals surface area (Å²) in [6.45, 7) is 2.26. The highest BCUT2D eigenvalue weighted by atomic mass is 32.1. The highest BCUT2D eigenvalue weighted by Gasteiger charge is 2.25. The Balaban J connectivity index is 1.42. The number of carbonyl (C=O) groups is 1. The van der Waals surface area contributed by atoms with Crippen LogP contribution in [0.1, 0.15) is 33.6 Å². The molecule has 0 spiro atoms. The van der Waals surface area contributed by atoms with Gasteiger partial charge in [-0.1, -0.05) is 11.3 Å². The fourth-order valence-corrected chi connectivity index (χ4v) is 3.45. The van der Waals surface area contributed by atoms with Crippen LogP contribution < -0.4 is 16.0 Å². The summed E-state index contributed by atoms with van der Waals surface area (Å²) in [4.78, 5) is 21.5. The number of aromatic nitrogens is 2. The normalized spacial score (nSPS) is 13.2. The quantitative estimate of drug-likeness (QED) is 0.534. The summed E-state index contributed by atoms with van der Waals surface area (Å²) >= 11 is 1.39. The molecule has 0 bridgehead atoms. The van der Waals surface area contributed by atoms with Gasteiger partial charge in [0.2, 0.25) is 0 Å². The Morgan fingerprint density at radius 3 is 2.79 bits per heavy atom. The summed E-state index contributed by atoms with van der Waals surface area (Å²) in [5.41, 5.74) is 0.975. The van der Waals surface area contributed by atoms with E-state index in [1.165, 1.54) is 17.4 Å². The fourth-order valence-electron chi connectivity index (χ4n) is 2.69. The van der Waals surface area contributed by atoms with E-state index in [-0.39, 0.29) is 23.8 Å². The molecule has 0 unspecified atom stereocenters. The molecule has 0 atom stereocenters. The smallest absolute Gasteiger partial charge is 0.254 e. The number of nitrogens with one attached hydrogen (secondary N) is 3. The van der Waals surface area contributed by atoms with Crippen LogP contribution in [0.3, 0.4) is 0 Å². The minimum atomic E-state index is -0.874. The first kappa shape index (κ1) is 19.3. The Hall–Kier alpha value is -3.07. The number of hydrogen-bond acceptors (Lipinski definition) is 6. The van der Waals surface area contributed by atoms with Gasteiger partial charge in [-0.15, -0.1) is 0 Å². The third-order valence-corrected chi connectivity index (χ3v) is 5.28. The number of halogens is 2. The van der Waals surface area contributed by atoms with Crippen molar-refractivity contribution < 1.29 is 13.6 Å². The van der Waals surface area contributed by atoms with E-state index in [0.29, 0.717) is 10.9 Å². The number of hydrogen-bond donors (Lipinski definition) is 3. The lowest BCUT2D eigenvalue weighted by Gasteiger charge is -2.10. The second-order valence-electron chi connectivity index (χ2n) is 6.89. The Kier molecular flexibility index (Phi) is 5.39. The number of thiazole rings is 1. The predicted octanol–water partition coefficient (Wildman–Crippen LogP) is 4.37. The van der Waals surface area contributed by atoms with Crippen molar-refractivity contribution in [2.45, 2.75) is 32.4 Å². The summed E-state index contributed by atoms with van der Waals surface area (Å²) in [5, 5.41) is 9.40. The van der Waals surface area contributed by atoms with Gasteiger partial charge in [-0.3, -0.25) is 4.79 Å². The van der Waals surface area contributed by atoms with E-state index in [1.54, 1.807) is 12.4 Å². The van der Waals surface area contributed by atoms with Crippen molar-refractivity contribution in [3.8, 4) is 0 Å². The van der Waals surface area contributed by atoms with Crippen molar-refractivity contribution in [3.63, 3.8) is 0 Å². The third kappa shape index (κ3) is 4.86. The summed E-state index contributed by atoms with van der Waals surface area (Å²) in [7, 11) is 0. The molecular formula is C20H19F2N5OS. The van der Waals surface area contributed by atoms with Crippen LogP contribution in [0.25, 0.3) is 0 Å². The molecule has 150 valence electrons. The fraction of sp³-hybridized carbons (Fsp3) is 0.250. The molecule has 1 aliphatic rings. The number of amides is 1. The maximum absolute atomic E-state index is 14.1. The van der Waals surface area contributed by atoms with E-state index in [2.05, 4.69) is 25.9 Å². The number of anilines is 3. The van der Waals surface area contributed by atoms with E-state index in [9.17, 15) is 13.6 Å². The molecule has 1 amide bonds. The summed E-state index contributed by atoms with van der Waals surface area (Å²) in [6, 6.07) is 5.83. The molecule has 0 aliphatic heterocycles. The van der Waals surface area contributed by atoms with Crippen molar-refractivity contribution in [2.75, 3.05) is 10.6 Å². The second kappa shape index (κ2) is 8.12. The average Bonchev–Trinajstić information content (AvgIpc) is 3.37. The molecule has 4 rings (SSSR count). The summed E-state index contributed by atoms with van der Waals surface area (Å²) < 4.78 is 28.1. The van der Waals surface area contributed by atoms with Crippen molar-refractivity contribution in [1.29, 1.82) is 0 Å². The maximum atomic E-state index is 14.1. The zero-order chi connectivity index (χ0) is 20.4. The van der Waals surface area contributed by atoms with E-state index < -0.39 is 17.5 Å². The van der Waals surface area contributed by atoms with Crippen molar-refractivity contribution in [2.24, 2.45) is 0 Å². The maximum Gasteiger partial charge on any atom is 0.254 e. The van der Waals surface area contributed by atoms with Crippen LogP contribution in [-0.4, -0.2) is 21.9 Å². The Labute approximate surface area is 170 Å². The SMILES string of the molecule is Cc1ccnc(Nc2ncc(CNc3cc(C(=O)NC4CC4)c(F)cc3F)s2)c1. The van der Waals surface area contributed by atoms with E-state index in [4.69, 9.17) is 0 Å². The zero-order valence-corrected chi connectivity index (χ0v) is 16.4. The molecule has 1 fully saturated rings. The first-order valence-corrected chi connectivity index (χ1v) is 9.98. The molecule has 9 heteroatoms. The molecule has 6 nitrogen and oxygen atoms in total. The van der Waals surface area contributed by atoms with E-state index in [1.807, 2.05) is 19.1 Å². The Morgan fingerprint density at radius 1 is 1.21 bits per heavy atom. The monoisotopic (exact) mass is 415 g/mol. The van der Waals surface area contributed by atoms with Gasteiger partial charge in [-0.2, -0.15) is 0 Å². The van der Waals surface area contributed by atoms with E-state index >= 15 is 0 Å². The van der Waals surface area contributed by atoms with Crippen molar-refractivity contribution in [3.05, 3.63) is 64.3 Å². The van der Waals surface area contributed by atoms with Crippen molar-refractivity contribution in [1.82, 2.24) is 15.3 Å². The van der Waals surface area contributed by atoms with Gasteiger partial charge in [-0.25, -0.2) is 18.7 Å². The topological polar surface area (TPSA) is 78.9 Å². The van der Waals surface area contributed by atoms with Crippen LogP contribution in [0.4, 0.5) is 25.4 Å². The molecule has 1 saturated carbocycles. The van der Waals surface area contributed by atoms with Crippen LogP contribution in [-0.2, 0) is 6.54 Å². The van der Waals surface area contributed by atoms with Crippen LogP contribution in [0.15, 0.2) is 36.7 Å². The Morgan fingerprint density at radius 2 is 2.03 bits per heavy atom. The minimum absolute atomic E-state index is 0.0654. The molecule has 3 aromatic rings. The molecule has 2 aromatic heterocycles. The number of carbonyl (C=O) groups excluding carboxylic acids is 1. The van der Waals surface area contributed by atoms with E-state index in [0.717, 1.165) is 29.3 Å². The standard InChI is InChI=1S/C20H19F2N5OS/c1-11-4-5-23-18(6-11)27-20-25-10-13(29-20)9-24-17-7-14(15(21)8-16(17)22)19(28)26-12-2-3-12/h4-8,10,12,24H,2-3,9H2,1H3,(H,26,28)(H,23,25,27). The predicted molar refractivity (Wildman–Crippen MR) is 109 cm³/mol. The molecular weight excluding hydrogens is 396 g/mol. The van der Waals surface area contributed by atoms with Gasteiger partial charge in [0.05, 0.1) is 17.8 Å². The van der Waals surface area contributed by atoms with Crippen LogP contribution >= 0.6 is 11.3 Å². The van der Waals surface area contributed by atoms with Gasteiger partial charge < -0.3 is 16.0 Å². The molecule has 1 aromatic carbocycles. The largest absolute Gasteiger partial charge is 0.378 e. The molecule has 3 N–H and O–H groups in total. The average molecular weight is 415 g/mol. The zero-order valence-electron chi connectivity index (χ0n) is 15.6. The number of pyridine rings is 1. The van der Waals surface area contributed by atoms with Crippen molar-refractivity contribution >= 4 is 33.9 Å². The third-order valence-electron chi connectivity index (χ3n) is 4.37. The first-order valence-electron chi connectivity index (χ1n) is 9.16. The van der Waals surface area contributed by atoms with Gasteiger partial charge in [-0.05, 0) is 43.5 Å². The lowest BCUT2D eigenvalue weighted by Crippen LogP contribution is -2.26. The summed E-state index contributed by atoms with van der Waals surface area (Å²) in [6.07, 6.45) is 5.15. The van der Waals surface area contributed by atoms with Gasteiger partial charge in [0.15, 0.2) is 5.13 Å². The summed E-state index contributed by atoms with van der Waals surface area (Å²) in [5.74, 6) is -1.46. The highest BCUT2D eigenvalue weighted by molar-refractivity contribution is 7.15. The molecule has 1 aliphatic carbocycles. The highest BCUT2D eigenvalue weighted by Crippen LogP contribution is 2.25. The number of rotatable bonds is 7. The first-order chi connectivity index (χ1) is 14.0. The lowest BCUT2D eigenvalue weighted by atomic mass is 10.1. The molecule has 0 saturated heterocycles. The molecule has 29 heavy (non-hydrogen) atoms. The number of aryl methyl sites for hydroxylation is 1. The molecule has 0 radical (unpaired) electrons. The minimum Gasteiger partial charge on any atom is -0.378 e. The lowest BCUT2D eigenvalue weighted by molar-refractivity contribution is 0.0947. The van der Waals surface area contributed by atoms with Gasteiger partial charge in [0.25, 0.3) is 5.91 Å². The van der Waals surface area contributed by atoms with Crippen LogP contribution in [0.5, 0.6) is 0 Å². The second-order valence-corrected chi connectivity index (χ2v) is 8.00. The van der Waals surface area contributed by atoms with Crippen LogP contribution in [0.2, 0.25) is 0 Å². The number of nitrogens with zero attached hydrogens (tertiary/aromatic N) is 2. The van der Waals surface area contributed by atoms with Gasteiger partial charge in [0.1, 0.15) is 17.5 Å². The molecule has 2 heterocycles.